The summed E-state index contributed by atoms with van der Waals surface area (Å²) in [6.45, 7) is 3.99. The molecule has 0 saturated carbocycles. The van der Waals surface area contributed by atoms with E-state index in [9.17, 15) is 4.79 Å². The number of carbonyl (C=O) groups is 3. The van der Waals surface area contributed by atoms with Crippen LogP contribution in [-0.2, 0) is 33.9 Å². The summed E-state index contributed by atoms with van der Waals surface area (Å²) in [4.78, 5) is 36.3. The molecule has 2 N–H and O–H groups in total. The molecule has 1 aliphatic rings. The van der Waals surface area contributed by atoms with Gasteiger partial charge in [-0.05, 0) is 49.5 Å². The number of likely N-dealkylation sites (tertiary alicyclic amines) is 1. The third kappa shape index (κ3) is 9.65. The van der Waals surface area contributed by atoms with Gasteiger partial charge in [-0.3, -0.25) is 9.69 Å². The number of hydrogen-bond acceptors (Lipinski definition) is 6. The minimum Gasteiger partial charge on any atom is -0.493 e. The molecule has 3 aromatic rings. The molecule has 0 radical (unpaired) electrons. The Morgan fingerprint density at radius 3 is 1.93 bits per heavy atom. The number of amides is 1. The Hall–Kier alpha value is -4.37. The van der Waals surface area contributed by atoms with Crippen LogP contribution in [-0.4, -0.2) is 71.7 Å². The van der Waals surface area contributed by atoms with Crippen LogP contribution in [0.1, 0.15) is 29.5 Å². The Morgan fingerprint density at radius 1 is 0.805 bits per heavy atom. The predicted octanol–water partition coefficient (Wildman–Crippen LogP) is 4.34. The van der Waals surface area contributed by atoms with Crippen LogP contribution in [0.5, 0.6) is 11.5 Å². The van der Waals surface area contributed by atoms with Crippen LogP contribution in [0.15, 0.2) is 78.9 Å². The van der Waals surface area contributed by atoms with E-state index in [1.54, 1.807) is 14.2 Å². The molecule has 1 amide bonds. The van der Waals surface area contributed by atoms with Crippen LogP contribution < -0.4 is 9.47 Å². The van der Waals surface area contributed by atoms with Gasteiger partial charge in [0.15, 0.2) is 11.5 Å². The lowest BCUT2D eigenvalue weighted by Gasteiger charge is -2.34. The maximum absolute atomic E-state index is 13.6. The Balaban J connectivity index is 0.000000696. The molecular formula is C32H38N2O7. The molecule has 1 heterocycles. The number of nitrogens with zero attached hydrogens (tertiary/aromatic N) is 2. The van der Waals surface area contributed by atoms with E-state index in [0.29, 0.717) is 6.54 Å². The highest BCUT2D eigenvalue weighted by Gasteiger charge is 2.29. The molecule has 4 rings (SSSR count). The van der Waals surface area contributed by atoms with Crippen molar-refractivity contribution < 1.29 is 34.1 Å². The van der Waals surface area contributed by atoms with Crippen molar-refractivity contribution in [3.8, 4) is 11.5 Å². The molecule has 1 saturated heterocycles. The average molecular weight is 563 g/mol. The van der Waals surface area contributed by atoms with E-state index in [2.05, 4.69) is 52.3 Å². The molecule has 1 aliphatic heterocycles. The molecule has 0 aromatic heterocycles. The van der Waals surface area contributed by atoms with Gasteiger partial charge in [0, 0.05) is 31.1 Å². The van der Waals surface area contributed by atoms with Crippen molar-refractivity contribution in [2.45, 2.75) is 32.4 Å². The summed E-state index contributed by atoms with van der Waals surface area (Å²) in [5.74, 6) is -1.75. The number of carboxylic acids is 2. The minimum atomic E-state index is -1.82. The van der Waals surface area contributed by atoms with Crippen molar-refractivity contribution in [2.24, 2.45) is 5.92 Å². The average Bonchev–Trinajstić information content (AvgIpc) is 3.00. The maximum atomic E-state index is 13.6. The predicted molar refractivity (Wildman–Crippen MR) is 155 cm³/mol. The van der Waals surface area contributed by atoms with Crippen LogP contribution >= 0.6 is 0 Å². The number of piperidine rings is 1. The number of benzene rings is 3. The molecular weight excluding hydrogens is 524 g/mol. The summed E-state index contributed by atoms with van der Waals surface area (Å²) >= 11 is 0. The number of rotatable bonds is 10. The van der Waals surface area contributed by atoms with Gasteiger partial charge < -0.3 is 24.6 Å². The molecule has 3 aromatic carbocycles. The SMILES string of the molecule is COc1cccc(CN2CCC(C(=O)N(CCc3ccccc3)Cc3ccccc3)CC2)c1OC.O=C(O)C(=O)O. The molecule has 9 nitrogen and oxygen atoms in total. The largest absolute Gasteiger partial charge is 0.493 e. The molecule has 9 heteroatoms. The first-order valence-corrected chi connectivity index (χ1v) is 13.6. The highest BCUT2D eigenvalue weighted by atomic mass is 16.5. The second-order valence-electron chi connectivity index (χ2n) is 9.79. The zero-order chi connectivity index (χ0) is 29.6. The van der Waals surface area contributed by atoms with Crippen molar-refractivity contribution in [2.75, 3.05) is 33.9 Å². The zero-order valence-corrected chi connectivity index (χ0v) is 23.6. The lowest BCUT2D eigenvalue weighted by Crippen LogP contribution is -2.42. The van der Waals surface area contributed by atoms with Gasteiger partial charge in [-0.25, -0.2) is 9.59 Å². The van der Waals surface area contributed by atoms with E-state index in [1.165, 1.54) is 11.1 Å². The van der Waals surface area contributed by atoms with Crippen LogP contribution in [0.2, 0.25) is 0 Å². The molecule has 0 bridgehead atoms. The number of methoxy groups -OCH3 is 2. The Kier molecular flexibility index (Phi) is 12.2. The van der Waals surface area contributed by atoms with Crippen molar-refractivity contribution in [3.63, 3.8) is 0 Å². The van der Waals surface area contributed by atoms with Crippen molar-refractivity contribution >= 4 is 17.8 Å². The number of aliphatic carboxylic acids is 2. The molecule has 41 heavy (non-hydrogen) atoms. The zero-order valence-electron chi connectivity index (χ0n) is 23.6. The quantitative estimate of drug-likeness (QED) is 0.351. The second-order valence-corrected chi connectivity index (χ2v) is 9.79. The minimum absolute atomic E-state index is 0.0675. The van der Waals surface area contributed by atoms with Crippen molar-refractivity contribution in [3.05, 3.63) is 95.6 Å². The number of carboxylic acid groups (broad SMARTS) is 2. The van der Waals surface area contributed by atoms with E-state index in [1.807, 2.05) is 36.4 Å². The van der Waals surface area contributed by atoms with Gasteiger partial charge in [0.1, 0.15) is 0 Å². The maximum Gasteiger partial charge on any atom is 0.414 e. The van der Waals surface area contributed by atoms with E-state index >= 15 is 0 Å². The highest BCUT2D eigenvalue weighted by molar-refractivity contribution is 6.27. The van der Waals surface area contributed by atoms with Crippen LogP contribution in [0.3, 0.4) is 0 Å². The Morgan fingerprint density at radius 2 is 1.39 bits per heavy atom. The van der Waals surface area contributed by atoms with Gasteiger partial charge in [-0.1, -0.05) is 72.8 Å². The Labute approximate surface area is 240 Å². The summed E-state index contributed by atoms with van der Waals surface area (Å²) in [6, 6.07) is 26.7. The molecule has 0 aliphatic carbocycles. The van der Waals surface area contributed by atoms with E-state index in [4.69, 9.17) is 29.3 Å². The molecule has 0 spiro atoms. The first-order chi connectivity index (χ1) is 19.8. The van der Waals surface area contributed by atoms with Gasteiger partial charge in [-0.2, -0.15) is 0 Å². The summed E-state index contributed by atoms with van der Waals surface area (Å²) in [5.41, 5.74) is 3.56. The summed E-state index contributed by atoms with van der Waals surface area (Å²) in [6.07, 6.45) is 2.62. The van der Waals surface area contributed by atoms with Crippen molar-refractivity contribution in [1.29, 1.82) is 0 Å². The molecule has 218 valence electrons. The van der Waals surface area contributed by atoms with E-state index < -0.39 is 11.9 Å². The van der Waals surface area contributed by atoms with Gasteiger partial charge >= 0.3 is 11.9 Å². The lowest BCUT2D eigenvalue weighted by atomic mass is 9.94. The van der Waals surface area contributed by atoms with Gasteiger partial charge in [0.25, 0.3) is 0 Å². The fourth-order valence-corrected chi connectivity index (χ4v) is 4.90. The van der Waals surface area contributed by atoms with E-state index in [0.717, 1.165) is 62.5 Å². The van der Waals surface area contributed by atoms with Crippen LogP contribution in [0.4, 0.5) is 0 Å². The topological polar surface area (TPSA) is 117 Å². The fourth-order valence-electron chi connectivity index (χ4n) is 4.90. The lowest BCUT2D eigenvalue weighted by molar-refractivity contribution is -0.159. The first kappa shape index (κ1) is 31.2. The number of hydrogen-bond donors (Lipinski definition) is 2. The molecule has 1 fully saturated rings. The smallest absolute Gasteiger partial charge is 0.414 e. The summed E-state index contributed by atoms with van der Waals surface area (Å²) < 4.78 is 11.1. The van der Waals surface area contributed by atoms with Gasteiger partial charge in [0.05, 0.1) is 14.2 Å². The monoisotopic (exact) mass is 562 g/mol. The fraction of sp³-hybridized carbons (Fsp3) is 0.344. The van der Waals surface area contributed by atoms with Crippen LogP contribution in [0, 0.1) is 5.92 Å². The second kappa shape index (κ2) is 16.0. The molecule has 0 unspecified atom stereocenters. The van der Waals surface area contributed by atoms with Gasteiger partial charge in [-0.15, -0.1) is 0 Å². The normalized spacial score (nSPS) is 13.4. The summed E-state index contributed by atoms with van der Waals surface area (Å²) in [7, 11) is 3.35. The number of carbonyl (C=O) groups excluding carboxylic acids is 1. The van der Waals surface area contributed by atoms with Gasteiger partial charge in [0.2, 0.25) is 5.91 Å². The first-order valence-electron chi connectivity index (χ1n) is 13.6. The molecule has 0 atom stereocenters. The third-order valence-corrected chi connectivity index (χ3v) is 7.04. The number of ether oxygens (including phenoxy) is 2. The third-order valence-electron chi connectivity index (χ3n) is 7.04. The van der Waals surface area contributed by atoms with E-state index in [-0.39, 0.29) is 11.8 Å². The van der Waals surface area contributed by atoms with Crippen molar-refractivity contribution in [1.82, 2.24) is 9.80 Å². The Bertz CT molecular complexity index is 1250. The standard InChI is InChI=1S/C30H36N2O3.C2H2O4/c1-34-28-15-9-14-27(29(28)35-2)23-31-19-17-26(18-20-31)30(33)32(22-25-12-7-4-8-13-25)21-16-24-10-5-3-6-11-24;3-1(4)2(5)6/h3-15,26H,16-23H2,1-2H3;(H,3,4)(H,5,6). The van der Waals surface area contributed by atoms with Crippen LogP contribution in [0.25, 0.3) is 0 Å². The number of para-hydroxylation sites is 1. The summed E-state index contributed by atoms with van der Waals surface area (Å²) in [5, 5.41) is 14.8. The highest BCUT2D eigenvalue weighted by Crippen LogP contribution is 2.32.